The lowest BCUT2D eigenvalue weighted by molar-refractivity contribution is -0.136. The van der Waals surface area contributed by atoms with E-state index in [0.717, 1.165) is 5.56 Å². The van der Waals surface area contributed by atoms with E-state index >= 15 is 0 Å². The van der Waals surface area contributed by atoms with E-state index in [0.29, 0.717) is 28.5 Å². The molecule has 0 saturated carbocycles. The van der Waals surface area contributed by atoms with Crippen molar-refractivity contribution in [2.24, 2.45) is 0 Å². The molecule has 0 spiro atoms. The fourth-order valence-corrected chi connectivity index (χ4v) is 3.59. The standard InChI is InChI=1S/C21H17ClN2O2/c22-18-10-3-1-7-15(18)14-24-19-11-4-2-9-17(19)21(26,20(24)25)13-16-8-5-6-12-23-16/h1-12,26H,13-14H2. The maximum atomic E-state index is 13.2. The van der Waals surface area contributed by atoms with Crippen LogP contribution < -0.4 is 4.90 Å². The van der Waals surface area contributed by atoms with Gasteiger partial charge < -0.3 is 10.0 Å². The van der Waals surface area contributed by atoms with Crippen molar-refractivity contribution in [1.29, 1.82) is 0 Å². The molecular formula is C21H17ClN2O2. The summed E-state index contributed by atoms with van der Waals surface area (Å²) in [5, 5.41) is 11.9. The highest BCUT2D eigenvalue weighted by atomic mass is 35.5. The largest absolute Gasteiger partial charge is 0.375 e. The van der Waals surface area contributed by atoms with Crippen LogP contribution in [-0.4, -0.2) is 16.0 Å². The van der Waals surface area contributed by atoms with Crippen molar-refractivity contribution in [3.05, 3.63) is 94.8 Å². The number of hydrogen-bond acceptors (Lipinski definition) is 3. The van der Waals surface area contributed by atoms with Crippen LogP contribution in [0.15, 0.2) is 72.9 Å². The summed E-state index contributed by atoms with van der Waals surface area (Å²) in [6.07, 6.45) is 1.79. The van der Waals surface area contributed by atoms with E-state index < -0.39 is 5.60 Å². The van der Waals surface area contributed by atoms with Crippen LogP contribution in [0, 0.1) is 0 Å². The van der Waals surface area contributed by atoms with Crippen LogP contribution in [0.4, 0.5) is 5.69 Å². The highest BCUT2D eigenvalue weighted by molar-refractivity contribution is 6.31. The molecule has 2 heterocycles. The smallest absolute Gasteiger partial charge is 0.264 e. The van der Waals surface area contributed by atoms with E-state index in [9.17, 15) is 9.90 Å². The van der Waals surface area contributed by atoms with Crippen molar-refractivity contribution >= 4 is 23.2 Å². The van der Waals surface area contributed by atoms with Gasteiger partial charge in [0.05, 0.1) is 12.2 Å². The van der Waals surface area contributed by atoms with Gasteiger partial charge >= 0.3 is 0 Å². The molecule has 130 valence electrons. The Morgan fingerprint density at radius 3 is 2.50 bits per heavy atom. The van der Waals surface area contributed by atoms with Crippen molar-refractivity contribution < 1.29 is 9.90 Å². The summed E-state index contributed by atoms with van der Waals surface area (Å²) >= 11 is 6.27. The van der Waals surface area contributed by atoms with Gasteiger partial charge in [-0.05, 0) is 29.8 Å². The third-order valence-electron chi connectivity index (χ3n) is 4.69. The average Bonchev–Trinajstić information content (AvgIpc) is 2.86. The van der Waals surface area contributed by atoms with E-state index in [1.54, 1.807) is 23.2 Å². The third-order valence-corrected chi connectivity index (χ3v) is 5.06. The number of halogens is 1. The Balaban J connectivity index is 1.74. The zero-order valence-electron chi connectivity index (χ0n) is 14.0. The fourth-order valence-electron chi connectivity index (χ4n) is 3.40. The second-order valence-electron chi connectivity index (χ2n) is 6.36. The third kappa shape index (κ3) is 2.77. The minimum atomic E-state index is -1.63. The number of rotatable bonds is 4. The van der Waals surface area contributed by atoms with E-state index in [-0.39, 0.29) is 12.3 Å². The topological polar surface area (TPSA) is 53.4 Å². The molecule has 0 saturated heterocycles. The summed E-state index contributed by atoms with van der Waals surface area (Å²) in [4.78, 5) is 19.1. The summed E-state index contributed by atoms with van der Waals surface area (Å²) in [6, 6.07) is 20.2. The molecule has 26 heavy (non-hydrogen) atoms. The maximum Gasteiger partial charge on any atom is 0.264 e. The lowest BCUT2D eigenvalue weighted by atomic mass is 9.90. The van der Waals surface area contributed by atoms with Crippen molar-refractivity contribution in [2.75, 3.05) is 4.90 Å². The van der Waals surface area contributed by atoms with Gasteiger partial charge in [0.25, 0.3) is 5.91 Å². The van der Waals surface area contributed by atoms with Gasteiger partial charge in [-0.15, -0.1) is 0 Å². The first kappa shape index (κ1) is 16.8. The number of carbonyl (C=O) groups is 1. The Hall–Kier alpha value is -2.69. The number of benzene rings is 2. The van der Waals surface area contributed by atoms with Crippen LogP contribution in [-0.2, 0) is 23.4 Å². The summed E-state index contributed by atoms with van der Waals surface area (Å²) in [5.74, 6) is -0.357. The van der Waals surface area contributed by atoms with Crippen molar-refractivity contribution in [2.45, 2.75) is 18.6 Å². The summed E-state index contributed by atoms with van der Waals surface area (Å²) in [5.41, 5.74) is 1.17. The summed E-state index contributed by atoms with van der Waals surface area (Å²) in [7, 11) is 0. The van der Waals surface area contributed by atoms with Gasteiger partial charge in [-0.25, -0.2) is 0 Å². The predicted octanol–water partition coefficient (Wildman–Crippen LogP) is 3.71. The van der Waals surface area contributed by atoms with E-state index in [2.05, 4.69) is 4.98 Å². The van der Waals surface area contributed by atoms with E-state index in [4.69, 9.17) is 11.6 Å². The lowest BCUT2D eigenvalue weighted by Gasteiger charge is -2.23. The molecule has 0 radical (unpaired) electrons. The van der Waals surface area contributed by atoms with E-state index in [1.807, 2.05) is 54.6 Å². The lowest BCUT2D eigenvalue weighted by Crippen LogP contribution is -2.41. The zero-order valence-corrected chi connectivity index (χ0v) is 14.7. The molecule has 4 rings (SSSR count). The molecule has 1 aliphatic rings. The second kappa shape index (κ2) is 6.56. The van der Waals surface area contributed by atoms with Gasteiger partial charge in [0.2, 0.25) is 0 Å². The van der Waals surface area contributed by atoms with Gasteiger partial charge in [-0.1, -0.05) is 54.1 Å². The summed E-state index contributed by atoms with van der Waals surface area (Å²) in [6.45, 7) is 0.306. The number of pyridine rings is 1. The Bertz CT molecular complexity index is 961. The van der Waals surface area contributed by atoms with Gasteiger partial charge in [0.1, 0.15) is 0 Å². The molecule has 1 atom stereocenters. The highest BCUT2D eigenvalue weighted by Crippen LogP contribution is 2.43. The first-order valence-corrected chi connectivity index (χ1v) is 8.74. The number of nitrogens with zero attached hydrogens (tertiary/aromatic N) is 2. The Morgan fingerprint density at radius 2 is 1.73 bits per heavy atom. The second-order valence-corrected chi connectivity index (χ2v) is 6.77. The molecular weight excluding hydrogens is 348 g/mol. The molecule has 3 aromatic rings. The molecule has 0 aliphatic carbocycles. The molecule has 2 aromatic carbocycles. The molecule has 1 N–H and O–H groups in total. The number of fused-ring (bicyclic) bond motifs is 1. The zero-order chi connectivity index (χ0) is 18.1. The number of para-hydroxylation sites is 1. The van der Waals surface area contributed by atoms with Gasteiger partial charge in [-0.2, -0.15) is 0 Å². The average molecular weight is 365 g/mol. The molecule has 0 bridgehead atoms. The van der Waals surface area contributed by atoms with Gasteiger partial charge in [-0.3, -0.25) is 9.78 Å². The van der Waals surface area contributed by atoms with Crippen molar-refractivity contribution in [3.63, 3.8) is 0 Å². The van der Waals surface area contributed by atoms with Gasteiger partial charge in [0.15, 0.2) is 5.60 Å². The van der Waals surface area contributed by atoms with Crippen LogP contribution >= 0.6 is 11.6 Å². The van der Waals surface area contributed by atoms with Crippen molar-refractivity contribution in [1.82, 2.24) is 4.98 Å². The van der Waals surface area contributed by atoms with Crippen molar-refractivity contribution in [3.8, 4) is 0 Å². The van der Waals surface area contributed by atoms with Crippen LogP contribution in [0.3, 0.4) is 0 Å². The first-order valence-electron chi connectivity index (χ1n) is 8.37. The Morgan fingerprint density at radius 1 is 1.00 bits per heavy atom. The fraction of sp³-hybridized carbons (Fsp3) is 0.143. The molecule has 0 fully saturated rings. The normalized spacial score (nSPS) is 18.8. The molecule has 4 nitrogen and oxygen atoms in total. The molecule has 5 heteroatoms. The summed E-state index contributed by atoms with van der Waals surface area (Å²) < 4.78 is 0. The monoisotopic (exact) mass is 364 g/mol. The number of aliphatic hydroxyl groups is 1. The Kier molecular flexibility index (Phi) is 4.23. The maximum absolute atomic E-state index is 13.2. The highest BCUT2D eigenvalue weighted by Gasteiger charge is 2.49. The molecule has 1 aliphatic heterocycles. The van der Waals surface area contributed by atoms with E-state index in [1.165, 1.54) is 0 Å². The number of hydrogen-bond donors (Lipinski definition) is 1. The minimum absolute atomic E-state index is 0.128. The molecule has 1 aromatic heterocycles. The molecule has 1 amide bonds. The van der Waals surface area contributed by atoms with Gasteiger partial charge in [0, 0.05) is 28.9 Å². The van der Waals surface area contributed by atoms with Crippen LogP contribution in [0.5, 0.6) is 0 Å². The van der Waals surface area contributed by atoms with Crippen LogP contribution in [0.25, 0.3) is 0 Å². The quantitative estimate of drug-likeness (QED) is 0.767. The minimum Gasteiger partial charge on any atom is -0.375 e. The van der Waals surface area contributed by atoms with Crippen LogP contribution in [0.1, 0.15) is 16.8 Å². The number of carbonyl (C=O) groups excluding carboxylic acids is 1. The van der Waals surface area contributed by atoms with Crippen LogP contribution in [0.2, 0.25) is 5.02 Å². The number of aromatic nitrogens is 1. The first-order chi connectivity index (χ1) is 12.6. The Labute approximate surface area is 156 Å². The molecule has 1 unspecified atom stereocenters. The predicted molar refractivity (Wildman–Crippen MR) is 101 cm³/mol. The number of amides is 1. The number of anilines is 1. The SMILES string of the molecule is O=C1N(Cc2ccccc2Cl)c2ccccc2C1(O)Cc1ccccn1.